The molecule has 2 aromatic rings. The van der Waals surface area contributed by atoms with Crippen molar-refractivity contribution < 1.29 is 9.90 Å². The highest BCUT2D eigenvalue weighted by Gasteiger charge is 2.27. The third kappa shape index (κ3) is 3.06. The summed E-state index contributed by atoms with van der Waals surface area (Å²) in [4.78, 5) is 26.7. The lowest BCUT2D eigenvalue weighted by molar-refractivity contribution is -0.122. The second-order valence-corrected chi connectivity index (χ2v) is 6.07. The van der Waals surface area contributed by atoms with Crippen LogP contribution in [0.5, 0.6) is 0 Å². The maximum absolute atomic E-state index is 11.5. The Kier molecular flexibility index (Phi) is 4.29. The Morgan fingerprint density at radius 2 is 2.05 bits per heavy atom. The van der Waals surface area contributed by atoms with E-state index in [1.165, 1.54) is 0 Å². The van der Waals surface area contributed by atoms with Crippen LogP contribution in [0.25, 0.3) is 11.2 Å². The largest absolute Gasteiger partial charge is 0.389 e. The van der Waals surface area contributed by atoms with Gasteiger partial charge in [-0.15, -0.1) is 0 Å². The van der Waals surface area contributed by atoms with Crippen LogP contribution in [0.2, 0.25) is 0 Å². The van der Waals surface area contributed by atoms with Crippen molar-refractivity contribution in [2.24, 2.45) is 11.8 Å². The number of anilines is 1. The average Bonchev–Trinajstić information content (AvgIpc) is 2.53. The van der Waals surface area contributed by atoms with Gasteiger partial charge in [0.15, 0.2) is 11.4 Å². The molecule has 3 heterocycles. The number of piperidine rings is 1. The highest BCUT2D eigenvalue weighted by atomic mass is 16.3. The lowest BCUT2D eigenvalue weighted by Gasteiger charge is -2.38. The van der Waals surface area contributed by atoms with Crippen molar-refractivity contribution in [1.29, 1.82) is 0 Å². The predicted octanol–water partition coefficient (Wildman–Crippen LogP) is 1.44. The number of aliphatic hydroxyl groups is 1. The van der Waals surface area contributed by atoms with Gasteiger partial charge in [-0.3, -0.25) is 4.79 Å². The number of hydrogen-bond acceptors (Lipinski definition) is 6. The molecule has 0 amide bonds. The third-order valence-electron chi connectivity index (χ3n) is 4.13. The van der Waals surface area contributed by atoms with Gasteiger partial charge >= 0.3 is 0 Å². The summed E-state index contributed by atoms with van der Waals surface area (Å²) < 4.78 is 0. The number of fused-ring (bicyclic) bond motifs is 1. The molecule has 0 aromatic carbocycles. The van der Waals surface area contributed by atoms with E-state index in [0.717, 1.165) is 30.7 Å². The molecule has 0 aliphatic carbocycles. The number of hydrogen-bond donors (Lipinski definition) is 1. The molecule has 6 nitrogen and oxygen atoms in total. The van der Waals surface area contributed by atoms with Crippen LogP contribution in [-0.4, -0.2) is 45.5 Å². The molecule has 2 aromatic heterocycles. The lowest BCUT2D eigenvalue weighted by atomic mass is 9.87. The number of rotatable bonds is 4. The topological polar surface area (TPSA) is 79.2 Å². The number of carbonyl (C=O) groups excluding carboxylic acids is 1. The molecular formula is C16H20N4O2. The standard InChI is InChI=1S/C16H20N4O2/c1-11-6-12(7-13(22)10-21)9-20(8-11)14-2-3-18-16-15(14)17-4-5-19-16/h2-5,11-12,21H,6-10H2,1H3/t11-,12-/m0/s1. The second kappa shape index (κ2) is 6.36. The van der Waals surface area contributed by atoms with Gasteiger partial charge in [0, 0.05) is 38.1 Å². The molecule has 0 bridgehead atoms. The monoisotopic (exact) mass is 300 g/mol. The number of ketones is 1. The number of aromatic nitrogens is 3. The van der Waals surface area contributed by atoms with Gasteiger partial charge < -0.3 is 10.0 Å². The Bertz CT molecular complexity index is 671. The lowest BCUT2D eigenvalue weighted by Crippen LogP contribution is -2.40. The molecule has 1 N–H and O–H groups in total. The van der Waals surface area contributed by atoms with Crippen LogP contribution in [0.4, 0.5) is 5.69 Å². The first-order valence-corrected chi connectivity index (χ1v) is 7.60. The third-order valence-corrected chi connectivity index (χ3v) is 4.13. The molecule has 6 heteroatoms. The number of carbonyl (C=O) groups is 1. The van der Waals surface area contributed by atoms with Gasteiger partial charge in [-0.1, -0.05) is 6.92 Å². The minimum absolute atomic E-state index is 0.0848. The quantitative estimate of drug-likeness (QED) is 0.920. The Labute approximate surface area is 129 Å². The summed E-state index contributed by atoms with van der Waals surface area (Å²) in [6, 6.07) is 1.96. The highest BCUT2D eigenvalue weighted by Crippen LogP contribution is 2.31. The van der Waals surface area contributed by atoms with Crippen molar-refractivity contribution in [2.45, 2.75) is 19.8 Å². The zero-order chi connectivity index (χ0) is 15.5. The molecule has 0 saturated carbocycles. The molecule has 1 aliphatic heterocycles. The summed E-state index contributed by atoms with van der Waals surface area (Å²) in [6.45, 7) is 3.55. The highest BCUT2D eigenvalue weighted by molar-refractivity contribution is 5.85. The molecule has 1 aliphatic rings. The van der Waals surface area contributed by atoms with Gasteiger partial charge in [0.1, 0.15) is 12.1 Å². The molecule has 2 atom stereocenters. The minimum atomic E-state index is -0.367. The summed E-state index contributed by atoms with van der Waals surface area (Å²) in [5.41, 5.74) is 2.46. The molecule has 22 heavy (non-hydrogen) atoms. The van der Waals surface area contributed by atoms with E-state index < -0.39 is 0 Å². The van der Waals surface area contributed by atoms with Crippen LogP contribution < -0.4 is 4.90 Å². The van der Waals surface area contributed by atoms with Crippen LogP contribution in [0, 0.1) is 11.8 Å². The summed E-state index contributed by atoms with van der Waals surface area (Å²) >= 11 is 0. The maximum Gasteiger partial charge on any atom is 0.180 e. The molecule has 0 radical (unpaired) electrons. The van der Waals surface area contributed by atoms with E-state index in [0.29, 0.717) is 18.0 Å². The van der Waals surface area contributed by atoms with E-state index >= 15 is 0 Å². The summed E-state index contributed by atoms with van der Waals surface area (Å²) in [7, 11) is 0. The van der Waals surface area contributed by atoms with Crippen molar-refractivity contribution in [2.75, 3.05) is 24.6 Å². The normalized spacial score (nSPS) is 22.0. The van der Waals surface area contributed by atoms with Crippen molar-refractivity contribution in [3.63, 3.8) is 0 Å². The first-order valence-electron chi connectivity index (χ1n) is 7.60. The number of nitrogens with zero attached hydrogens (tertiary/aromatic N) is 4. The van der Waals surface area contributed by atoms with Gasteiger partial charge in [0.05, 0.1) is 5.69 Å². The number of pyridine rings is 1. The number of Topliss-reactive ketones (excluding diaryl/α,β-unsaturated/α-hetero) is 1. The van der Waals surface area contributed by atoms with Crippen LogP contribution >= 0.6 is 0 Å². The van der Waals surface area contributed by atoms with E-state index in [9.17, 15) is 4.79 Å². The van der Waals surface area contributed by atoms with E-state index in [2.05, 4.69) is 26.8 Å². The van der Waals surface area contributed by atoms with Crippen molar-refractivity contribution in [1.82, 2.24) is 15.0 Å². The molecule has 0 spiro atoms. The van der Waals surface area contributed by atoms with Crippen LogP contribution in [0.3, 0.4) is 0 Å². The Hall–Kier alpha value is -2.08. The SMILES string of the molecule is C[C@H]1C[C@@H](CC(=O)CO)CN(c2ccnc3nccnc23)C1. The van der Waals surface area contributed by atoms with E-state index in [-0.39, 0.29) is 18.3 Å². The smallest absolute Gasteiger partial charge is 0.180 e. The zero-order valence-electron chi connectivity index (χ0n) is 12.6. The van der Waals surface area contributed by atoms with Gasteiger partial charge in [-0.2, -0.15) is 0 Å². The fourth-order valence-electron chi connectivity index (χ4n) is 3.33. The van der Waals surface area contributed by atoms with Crippen LogP contribution in [-0.2, 0) is 4.79 Å². The Morgan fingerprint density at radius 1 is 1.27 bits per heavy atom. The van der Waals surface area contributed by atoms with Gasteiger partial charge in [-0.25, -0.2) is 15.0 Å². The fourth-order valence-corrected chi connectivity index (χ4v) is 3.33. The Morgan fingerprint density at radius 3 is 2.86 bits per heavy atom. The molecule has 1 saturated heterocycles. The first kappa shape index (κ1) is 14.8. The Balaban J connectivity index is 1.87. The molecular weight excluding hydrogens is 280 g/mol. The number of aliphatic hydroxyl groups excluding tert-OH is 1. The summed E-state index contributed by atoms with van der Waals surface area (Å²) in [5, 5.41) is 8.97. The molecule has 1 fully saturated rings. The van der Waals surface area contributed by atoms with Crippen LogP contribution in [0.15, 0.2) is 24.7 Å². The zero-order valence-corrected chi connectivity index (χ0v) is 12.6. The molecule has 116 valence electrons. The maximum atomic E-state index is 11.5. The average molecular weight is 300 g/mol. The van der Waals surface area contributed by atoms with Gasteiger partial charge in [0.25, 0.3) is 0 Å². The van der Waals surface area contributed by atoms with Crippen LogP contribution in [0.1, 0.15) is 19.8 Å². The first-order chi connectivity index (χ1) is 10.7. The van der Waals surface area contributed by atoms with Gasteiger partial charge in [0.2, 0.25) is 0 Å². The molecule has 0 unspecified atom stereocenters. The van der Waals surface area contributed by atoms with E-state index in [4.69, 9.17) is 5.11 Å². The second-order valence-electron chi connectivity index (χ2n) is 6.07. The van der Waals surface area contributed by atoms with Crippen molar-refractivity contribution in [3.05, 3.63) is 24.7 Å². The van der Waals surface area contributed by atoms with E-state index in [1.807, 2.05) is 6.07 Å². The summed E-state index contributed by atoms with van der Waals surface area (Å²) in [5.74, 6) is 0.673. The fraction of sp³-hybridized carbons (Fsp3) is 0.500. The molecule has 3 rings (SSSR count). The van der Waals surface area contributed by atoms with Crippen molar-refractivity contribution in [3.8, 4) is 0 Å². The summed E-state index contributed by atoms with van der Waals surface area (Å²) in [6.07, 6.45) is 6.51. The van der Waals surface area contributed by atoms with E-state index in [1.54, 1.807) is 18.6 Å². The van der Waals surface area contributed by atoms with Gasteiger partial charge in [-0.05, 0) is 24.3 Å². The van der Waals surface area contributed by atoms with Crippen molar-refractivity contribution >= 4 is 22.6 Å². The predicted molar refractivity (Wildman–Crippen MR) is 83.5 cm³/mol. The minimum Gasteiger partial charge on any atom is -0.389 e.